The molecule has 2 heterocycles. The molecule has 1 amide bonds. The van der Waals surface area contributed by atoms with Crippen LogP contribution in [0.3, 0.4) is 0 Å². The fourth-order valence-electron chi connectivity index (χ4n) is 1.60. The highest BCUT2D eigenvalue weighted by Crippen LogP contribution is 2.15. The Bertz CT molecular complexity index is 825. The maximum atomic E-state index is 11.0. The number of primary amides is 1. The molecule has 10 nitrogen and oxygen atoms in total. The molecule has 0 aliphatic heterocycles. The summed E-state index contributed by atoms with van der Waals surface area (Å²) in [6, 6.07) is 1.74. The molecule has 150 valence electrons. The summed E-state index contributed by atoms with van der Waals surface area (Å²) < 4.78 is 37.8. The van der Waals surface area contributed by atoms with Crippen molar-refractivity contribution in [3.63, 3.8) is 0 Å². The molecule has 0 bridgehead atoms. The molecule has 2 aromatic rings. The molecule has 0 saturated carbocycles. The van der Waals surface area contributed by atoms with E-state index in [0.717, 1.165) is 0 Å². The van der Waals surface area contributed by atoms with Gasteiger partial charge in [-0.1, -0.05) is 4.68 Å². The number of methoxy groups -OCH3 is 1. The van der Waals surface area contributed by atoms with Gasteiger partial charge in [-0.15, -0.1) is 0 Å². The standard InChI is InChI=1S/C12H11N5O3.C3H3F3O2/c13-12(20)10-7-14-9(6-15-10)8-1-3-17(16-5-8)4-2-11(18)19;1-8-2(7)3(4,5)6/h1,3,5-7H,2,4H2,(H2-,13,18,19,20);1H3/p+1. The molecule has 2 rings (SSSR count). The Labute approximate surface area is 155 Å². The molecule has 3 N–H and O–H groups in total. The van der Waals surface area contributed by atoms with Gasteiger partial charge in [0, 0.05) is 11.6 Å². The van der Waals surface area contributed by atoms with Crippen molar-refractivity contribution in [1.29, 1.82) is 0 Å². The Kier molecular flexibility index (Phi) is 7.91. The SMILES string of the molecule is COC(=O)C(F)(F)F.NC(=O)c1cnc(-c2cc[n+](CCC(=O)O)nc2)cn1. The number of esters is 1. The van der Waals surface area contributed by atoms with Crippen molar-refractivity contribution < 1.29 is 42.1 Å². The van der Waals surface area contributed by atoms with Crippen molar-refractivity contribution in [1.82, 2.24) is 15.1 Å². The number of amides is 1. The van der Waals surface area contributed by atoms with E-state index in [1.165, 1.54) is 17.1 Å². The van der Waals surface area contributed by atoms with Gasteiger partial charge >= 0.3 is 18.1 Å². The van der Waals surface area contributed by atoms with E-state index in [4.69, 9.17) is 10.8 Å². The van der Waals surface area contributed by atoms with E-state index in [9.17, 15) is 27.6 Å². The number of halogens is 3. The first-order valence-electron chi connectivity index (χ1n) is 7.39. The van der Waals surface area contributed by atoms with Gasteiger partial charge in [-0.2, -0.15) is 13.2 Å². The van der Waals surface area contributed by atoms with Crippen LogP contribution in [0, 0.1) is 0 Å². The second-order valence-electron chi connectivity index (χ2n) is 4.96. The lowest BCUT2D eigenvalue weighted by Gasteiger charge is -1.99. The number of hydrogen-bond donors (Lipinski definition) is 2. The van der Waals surface area contributed by atoms with Gasteiger partial charge in [-0.25, -0.2) is 9.78 Å². The minimum absolute atomic E-state index is 0.00409. The van der Waals surface area contributed by atoms with Gasteiger partial charge in [0.25, 0.3) is 5.91 Å². The lowest BCUT2D eigenvalue weighted by atomic mass is 10.2. The van der Waals surface area contributed by atoms with Crippen LogP contribution in [0.4, 0.5) is 13.2 Å². The molecule has 0 aliphatic rings. The maximum Gasteiger partial charge on any atom is 0.490 e. The van der Waals surface area contributed by atoms with E-state index in [2.05, 4.69) is 19.8 Å². The van der Waals surface area contributed by atoms with Crippen LogP contribution in [0.2, 0.25) is 0 Å². The summed E-state index contributed by atoms with van der Waals surface area (Å²) in [6.45, 7) is 0.294. The fourth-order valence-corrected chi connectivity index (χ4v) is 1.60. The third kappa shape index (κ3) is 7.31. The Hall–Kier alpha value is -3.64. The van der Waals surface area contributed by atoms with Gasteiger partial charge in [0.05, 0.1) is 25.2 Å². The first kappa shape index (κ1) is 22.4. The Morgan fingerprint density at radius 2 is 1.89 bits per heavy atom. The molecule has 13 heteroatoms. The van der Waals surface area contributed by atoms with Crippen LogP contribution in [-0.4, -0.2) is 51.3 Å². The molecule has 0 fully saturated rings. The molecule has 0 aliphatic carbocycles. The number of aliphatic carboxylic acids is 1. The summed E-state index contributed by atoms with van der Waals surface area (Å²) in [5, 5.41) is 12.7. The molecule has 2 aromatic heterocycles. The molecule has 0 unspecified atom stereocenters. The highest BCUT2D eigenvalue weighted by molar-refractivity contribution is 5.90. The second kappa shape index (κ2) is 9.89. The number of carboxylic acids is 1. The van der Waals surface area contributed by atoms with Crippen molar-refractivity contribution in [2.75, 3.05) is 7.11 Å². The predicted molar refractivity (Wildman–Crippen MR) is 84.3 cm³/mol. The normalized spacial score (nSPS) is 10.4. The highest BCUT2D eigenvalue weighted by Gasteiger charge is 2.40. The summed E-state index contributed by atoms with van der Waals surface area (Å²) in [6.07, 6.45) is 1.08. The van der Waals surface area contributed by atoms with Crippen molar-refractivity contribution in [3.8, 4) is 11.3 Å². The lowest BCUT2D eigenvalue weighted by Crippen LogP contribution is -2.38. The number of nitrogens with two attached hydrogens (primary N) is 1. The number of carboxylic acid groups (broad SMARTS) is 1. The molecule has 0 aromatic carbocycles. The van der Waals surface area contributed by atoms with Crippen LogP contribution >= 0.6 is 0 Å². The zero-order valence-electron chi connectivity index (χ0n) is 14.4. The van der Waals surface area contributed by atoms with Crippen LogP contribution in [0.15, 0.2) is 30.9 Å². The van der Waals surface area contributed by atoms with Gasteiger partial charge in [0.1, 0.15) is 18.3 Å². The minimum Gasteiger partial charge on any atom is -0.481 e. The van der Waals surface area contributed by atoms with E-state index in [1.54, 1.807) is 18.5 Å². The zero-order valence-corrected chi connectivity index (χ0v) is 14.4. The number of alkyl halides is 3. The van der Waals surface area contributed by atoms with Crippen LogP contribution < -0.4 is 10.4 Å². The molecular formula is C15H15F3N5O5+. The molecule has 28 heavy (non-hydrogen) atoms. The molecular weight excluding hydrogens is 387 g/mol. The first-order valence-corrected chi connectivity index (χ1v) is 7.39. The lowest BCUT2D eigenvalue weighted by molar-refractivity contribution is -0.752. The second-order valence-corrected chi connectivity index (χ2v) is 4.96. The smallest absolute Gasteiger partial charge is 0.481 e. The number of carbonyl (C=O) groups excluding carboxylic acids is 2. The van der Waals surface area contributed by atoms with Crippen molar-refractivity contribution in [2.45, 2.75) is 19.1 Å². The average molecular weight is 402 g/mol. The Morgan fingerprint density at radius 1 is 1.21 bits per heavy atom. The number of carbonyl (C=O) groups is 3. The van der Waals surface area contributed by atoms with Gasteiger partial charge in [0.15, 0.2) is 12.7 Å². The summed E-state index contributed by atoms with van der Waals surface area (Å²) >= 11 is 0. The van der Waals surface area contributed by atoms with Crippen molar-refractivity contribution in [2.24, 2.45) is 5.73 Å². The van der Waals surface area contributed by atoms with E-state index >= 15 is 0 Å². The average Bonchev–Trinajstić information content (AvgIpc) is 2.66. The molecule has 0 atom stereocenters. The number of hydrogen-bond acceptors (Lipinski definition) is 7. The van der Waals surface area contributed by atoms with E-state index < -0.39 is 24.0 Å². The number of aryl methyl sites for hydroxylation is 1. The maximum absolute atomic E-state index is 11.0. The molecule has 0 radical (unpaired) electrons. The van der Waals surface area contributed by atoms with Gasteiger partial charge in [0.2, 0.25) is 0 Å². The topological polar surface area (TPSA) is 149 Å². The van der Waals surface area contributed by atoms with Crippen LogP contribution in [-0.2, 0) is 20.9 Å². The van der Waals surface area contributed by atoms with Crippen molar-refractivity contribution >= 4 is 17.8 Å². The van der Waals surface area contributed by atoms with Gasteiger partial charge < -0.3 is 15.6 Å². The van der Waals surface area contributed by atoms with Crippen molar-refractivity contribution in [3.05, 3.63) is 36.5 Å². The summed E-state index contributed by atoms with van der Waals surface area (Å²) in [4.78, 5) is 38.8. The molecule has 0 saturated heterocycles. The first-order chi connectivity index (χ1) is 13.0. The van der Waals surface area contributed by atoms with E-state index in [0.29, 0.717) is 24.9 Å². The zero-order chi connectivity index (χ0) is 21.3. The van der Waals surface area contributed by atoms with Crippen LogP contribution in [0.25, 0.3) is 11.3 Å². The number of ether oxygens (including phenoxy) is 1. The third-order valence-corrected chi connectivity index (χ3v) is 2.94. The number of aromatic nitrogens is 4. The highest BCUT2D eigenvalue weighted by atomic mass is 19.4. The monoisotopic (exact) mass is 402 g/mol. The quantitative estimate of drug-likeness (QED) is 0.529. The van der Waals surface area contributed by atoms with Crippen LogP contribution in [0.5, 0.6) is 0 Å². The summed E-state index contributed by atoms with van der Waals surface area (Å²) in [5.74, 6) is -3.68. The summed E-state index contributed by atoms with van der Waals surface area (Å²) in [7, 11) is 0.676. The van der Waals surface area contributed by atoms with Gasteiger partial charge in [-0.05, 0) is 5.10 Å². The number of nitrogens with zero attached hydrogens (tertiary/aromatic N) is 4. The fraction of sp³-hybridized carbons (Fsp3) is 0.267. The molecule has 0 spiro atoms. The van der Waals surface area contributed by atoms with Crippen LogP contribution in [0.1, 0.15) is 16.9 Å². The Balaban J connectivity index is 0.000000416. The van der Waals surface area contributed by atoms with E-state index in [1.807, 2.05) is 0 Å². The number of rotatable bonds is 5. The van der Waals surface area contributed by atoms with E-state index in [-0.39, 0.29) is 12.1 Å². The third-order valence-electron chi connectivity index (χ3n) is 2.94. The predicted octanol–water partition coefficient (Wildman–Crippen LogP) is 0.121. The van der Waals surface area contributed by atoms with Gasteiger partial charge in [-0.3, -0.25) is 14.6 Å². The minimum atomic E-state index is -4.85. The largest absolute Gasteiger partial charge is 0.490 e. The Morgan fingerprint density at radius 3 is 2.25 bits per heavy atom. The summed E-state index contributed by atoms with van der Waals surface area (Å²) in [5.41, 5.74) is 6.42.